The molecule has 0 spiro atoms. The van der Waals surface area contributed by atoms with Gasteiger partial charge in [0.2, 0.25) is 0 Å². The fourth-order valence-electron chi connectivity index (χ4n) is 3.09. The van der Waals surface area contributed by atoms with Crippen LogP contribution < -0.4 is 5.56 Å². The lowest BCUT2D eigenvalue weighted by Gasteiger charge is -2.07. The molecule has 4 rings (SSSR count). The lowest BCUT2D eigenvalue weighted by atomic mass is 10.1. The largest absolute Gasteiger partial charge is 0.294 e. The normalized spacial score (nSPS) is 10.8. The number of nitrogens with zero attached hydrogens (tertiary/aromatic N) is 3. The molecule has 0 aliphatic carbocycles. The first-order valence-corrected chi connectivity index (χ1v) is 9.02. The van der Waals surface area contributed by atoms with E-state index in [1.54, 1.807) is 17.0 Å². The highest BCUT2D eigenvalue weighted by Crippen LogP contribution is 2.35. The molecule has 0 saturated heterocycles. The number of fused-ring (bicyclic) bond motifs is 1. The first kappa shape index (κ1) is 16.2. The second kappa shape index (κ2) is 6.58. The van der Waals surface area contributed by atoms with E-state index in [0.29, 0.717) is 17.5 Å². The van der Waals surface area contributed by atoms with Gasteiger partial charge in [0.15, 0.2) is 0 Å². The zero-order valence-corrected chi connectivity index (χ0v) is 15.0. The molecule has 0 amide bonds. The van der Waals surface area contributed by atoms with Gasteiger partial charge in [-0.25, -0.2) is 4.98 Å². The van der Waals surface area contributed by atoms with Gasteiger partial charge in [-0.3, -0.25) is 9.36 Å². The van der Waals surface area contributed by atoms with Crippen LogP contribution >= 0.6 is 11.3 Å². The van der Waals surface area contributed by atoms with Crippen molar-refractivity contribution in [3.8, 4) is 16.5 Å². The van der Waals surface area contributed by atoms with Gasteiger partial charge in [0.1, 0.15) is 4.83 Å². The van der Waals surface area contributed by atoms with E-state index in [0.717, 1.165) is 26.4 Å². The molecular weight excluding hydrogens is 342 g/mol. The third kappa shape index (κ3) is 2.71. The minimum Gasteiger partial charge on any atom is -0.294 e. The molecule has 126 valence electrons. The van der Waals surface area contributed by atoms with Gasteiger partial charge in [-0.05, 0) is 29.7 Å². The summed E-state index contributed by atoms with van der Waals surface area (Å²) in [6.45, 7) is 2.30. The first-order valence-electron chi connectivity index (χ1n) is 8.21. The molecule has 2 aromatic heterocycles. The molecule has 0 aliphatic rings. The summed E-state index contributed by atoms with van der Waals surface area (Å²) in [6, 6.07) is 19.5. The summed E-state index contributed by atoms with van der Waals surface area (Å²) in [6.07, 6.45) is 1.57. The van der Waals surface area contributed by atoms with E-state index in [1.807, 2.05) is 55.5 Å². The highest BCUT2D eigenvalue weighted by atomic mass is 32.1. The Balaban J connectivity index is 1.84. The number of nitriles is 1. The lowest BCUT2D eigenvalue weighted by molar-refractivity contribution is 0.747. The molecule has 2 aromatic carbocycles. The lowest BCUT2D eigenvalue weighted by Crippen LogP contribution is -2.21. The fourth-order valence-corrected chi connectivity index (χ4v) is 4.23. The average molecular weight is 357 g/mol. The van der Waals surface area contributed by atoms with Gasteiger partial charge in [0.05, 0.1) is 29.9 Å². The van der Waals surface area contributed by atoms with Gasteiger partial charge in [0.25, 0.3) is 5.56 Å². The second-order valence-corrected chi connectivity index (χ2v) is 7.05. The molecule has 26 heavy (non-hydrogen) atoms. The van der Waals surface area contributed by atoms with Gasteiger partial charge in [-0.2, -0.15) is 5.26 Å². The van der Waals surface area contributed by atoms with Crippen molar-refractivity contribution in [3.63, 3.8) is 0 Å². The van der Waals surface area contributed by atoms with E-state index in [9.17, 15) is 10.1 Å². The number of thiophene rings is 1. The third-order valence-corrected chi connectivity index (χ3v) is 5.68. The van der Waals surface area contributed by atoms with Crippen LogP contribution in [0.25, 0.3) is 20.7 Å². The minimum atomic E-state index is -0.0707. The van der Waals surface area contributed by atoms with E-state index in [1.165, 1.54) is 11.3 Å². The highest BCUT2D eigenvalue weighted by molar-refractivity contribution is 7.22. The van der Waals surface area contributed by atoms with Crippen LogP contribution in [0.15, 0.2) is 65.7 Å². The Morgan fingerprint density at radius 3 is 2.62 bits per heavy atom. The maximum atomic E-state index is 13.0. The zero-order chi connectivity index (χ0) is 18.1. The Hall–Kier alpha value is -3.23. The van der Waals surface area contributed by atoms with Crippen LogP contribution in [0.2, 0.25) is 0 Å². The molecule has 0 aliphatic heterocycles. The molecule has 0 N–H and O–H groups in total. The van der Waals surface area contributed by atoms with E-state index >= 15 is 0 Å². The third-order valence-electron chi connectivity index (χ3n) is 4.43. The summed E-state index contributed by atoms with van der Waals surface area (Å²) in [5, 5.41) is 9.92. The number of benzene rings is 2. The standard InChI is InChI=1S/C21H15N3OS/c1-14-18-20(26-19(14)15-7-3-2-4-8-15)23-13-24(21(18)25)12-17-10-6-5-9-16(17)11-22/h2-10,13H,12H2,1H3. The topological polar surface area (TPSA) is 58.7 Å². The molecule has 0 fully saturated rings. The summed E-state index contributed by atoms with van der Waals surface area (Å²) in [5.41, 5.74) is 3.37. The smallest absolute Gasteiger partial charge is 0.262 e. The quantitative estimate of drug-likeness (QED) is 0.547. The van der Waals surface area contributed by atoms with Gasteiger partial charge in [-0.1, -0.05) is 48.5 Å². The van der Waals surface area contributed by atoms with Crippen LogP contribution in [0.3, 0.4) is 0 Å². The molecule has 0 radical (unpaired) electrons. The van der Waals surface area contributed by atoms with Crippen molar-refractivity contribution in [3.05, 3.63) is 88.0 Å². The van der Waals surface area contributed by atoms with Crippen molar-refractivity contribution in [2.75, 3.05) is 0 Å². The Kier molecular flexibility index (Phi) is 4.11. The van der Waals surface area contributed by atoms with Crippen LogP contribution in [0.5, 0.6) is 0 Å². The van der Waals surface area contributed by atoms with Crippen LogP contribution in [-0.2, 0) is 6.54 Å². The fraction of sp³-hybridized carbons (Fsp3) is 0.0952. The first-order chi connectivity index (χ1) is 12.7. The number of aryl methyl sites for hydroxylation is 1. The van der Waals surface area contributed by atoms with Crippen LogP contribution in [-0.4, -0.2) is 9.55 Å². The minimum absolute atomic E-state index is 0.0707. The number of aromatic nitrogens is 2. The van der Waals surface area contributed by atoms with E-state index < -0.39 is 0 Å². The van der Waals surface area contributed by atoms with Crippen LogP contribution in [0.4, 0.5) is 0 Å². The Morgan fingerprint density at radius 1 is 1.12 bits per heavy atom. The van der Waals surface area contributed by atoms with Crippen molar-refractivity contribution in [2.24, 2.45) is 0 Å². The Morgan fingerprint density at radius 2 is 1.85 bits per heavy atom. The highest BCUT2D eigenvalue weighted by Gasteiger charge is 2.16. The van der Waals surface area contributed by atoms with Gasteiger partial charge >= 0.3 is 0 Å². The molecular formula is C21H15N3OS. The predicted octanol–water partition coefficient (Wildman–Crippen LogP) is 4.35. The van der Waals surface area contributed by atoms with Crippen LogP contribution in [0.1, 0.15) is 16.7 Å². The molecule has 4 nitrogen and oxygen atoms in total. The summed E-state index contributed by atoms with van der Waals surface area (Å²) >= 11 is 1.54. The molecule has 0 saturated carbocycles. The molecule has 0 atom stereocenters. The average Bonchev–Trinajstić information content (AvgIpc) is 3.02. The van der Waals surface area contributed by atoms with E-state index in [-0.39, 0.29) is 5.56 Å². The molecule has 2 heterocycles. The maximum Gasteiger partial charge on any atom is 0.262 e. The number of hydrogen-bond donors (Lipinski definition) is 0. The van der Waals surface area contributed by atoms with Crippen molar-refractivity contribution in [1.29, 1.82) is 5.26 Å². The summed E-state index contributed by atoms with van der Waals surface area (Å²) in [7, 11) is 0. The Labute approximate surface area is 154 Å². The second-order valence-electron chi connectivity index (χ2n) is 6.05. The van der Waals surface area contributed by atoms with Gasteiger partial charge < -0.3 is 0 Å². The van der Waals surface area contributed by atoms with Crippen molar-refractivity contribution < 1.29 is 0 Å². The van der Waals surface area contributed by atoms with Crippen molar-refractivity contribution in [2.45, 2.75) is 13.5 Å². The maximum absolute atomic E-state index is 13.0. The SMILES string of the molecule is Cc1c(-c2ccccc2)sc2ncn(Cc3ccccc3C#N)c(=O)c12. The Bertz CT molecular complexity index is 1200. The van der Waals surface area contributed by atoms with Crippen molar-refractivity contribution in [1.82, 2.24) is 9.55 Å². The molecule has 5 heteroatoms. The van der Waals surface area contributed by atoms with Gasteiger partial charge in [-0.15, -0.1) is 11.3 Å². The van der Waals surface area contributed by atoms with E-state index in [2.05, 4.69) is 11.1 Å². The number of hydrogen-bond acceptors (Lipinski definition) is 4. The van der Waals surface area contributed by atoms with Crippen LogP contribution in [0, 0.1) is 18.3 Å². The number of rotatable bonds is 3. The monoisotopic (exact) mass is 357 g/mol. The zero-order valence-electron chi connectivity index (χ0n) is 14.1. The van der Waals surface area contributed by atoms with Gasteiger partial charge in [0, 0.05) is 4.88 Å². The summed E-state index contributed by atoms with van der Waals surface area (Å²) < 4.78 is 1.58. The molecule has 0 bridgehead atoms. The summed E-state index contributed by atoms with van der Waals surface area (Å²) in [4.78, 5) is 19.4. The predicted molar refractivity (Wildman–Crippen MR) is 104 cm³/mol. The molecule has 0 unspecified atom stereocenters. The van der Waals surface area contributed by atoms with E-state index in [4.69, 9.17) is 0 Å². The van der Waals surface area contributed by atoms with Crippen molar-refractivity contribution >= 4 is 21.6 Å². The summed E-state index contributed by atoms with van der Waals surface area (Å²) in [5.74, 6) is 0. The molecule has 4 aromatic rings.